The molecule has 1 amide bonds. The molecule has 2 aromatic heterocycles. The van der Waals surface area contributed by atoms with Crippen molar-refractivity contribution in [1.82, 2.24) is 20.2 Å². The molecule has 5 heteroatoms. The molecule has 3 rings (SSSR count). The first-order chi connectivity index (χ1) is 10.6. The van der Waals surface area contributed by atoms with Crippen LogP contribution in [0.25, 0.3) is 10.9 Å². The number of pyridine rings is 2. The van der Waals surface area contributed by atoms with E-state index >= 15 is 0 Å². The normalized spacial score (nSPS) is 17.0. The van der Waals surface area contributed by atoms with E-state index < -0.39 is 0 Å². The fraction of sp³-hybridized carbons (Fsp3) is 0.471. The fourth-order valence-electron chi connectivity index (χ4n) is 3.32. The number of carbonyl (C=O) groups excluding carboxylic acids is 1. The molecule has 1 aliphatic rings. The number of hydrogen-bond acceptors (Lipinski definition) is 4. The quantitative estimate of drug-likeness (QED) is 0.940. The third-order valence-corrected chi connectivity index (χ3v) is 4.82. The Hall–Kier alpha value is -2.01. The van der Waals surface area contributed by atoms with E-state index in [1.165, 1.54) is 12.8 Å². The first-order valence-electron chi connectivity index (χ1n) is 7.77. The van der Waals surface area contributed by atoms with Gasteiger partial charge >= 0.3 is 0 Å². The summed E-state index contributed by atoms with van der Waals surface area (Å²) in [6, 6.07) is 3.77. The highest BCUT2D eigenvalue weighted by Gasteiger charge is 2.36. The van der Waals surface area contributed by atoms with Gasteiger partial charge in [0, 0.05) is 36.1 Å². The lowest BCUT2D eigenvalue weighted by Gasteiger charge is -2.36. The molecule has 1 aliphatic carbocycles. The molecule has 5 nitrogen and oxygen atoms in total. The van der Waals surface area contributed by atoms with Crippen molar-refractivity contribution >= 4 is 16.8 Å². The van der Waals surface area contributed by atoms with E-state index in [1.807, 2.05) is 12.1 Å². The van der Waals surface area contributed by atoms with Crippen LogP contribution in [0, 0.1) is 0 Å². The molecule has 0 aliphatic heterocycles. The lowest BCUT2D eigenvalue weighted by atomic mass is 9.96. The number of fused-ring (bicyclic) bond motifs is 1. The Morgan fingerprint density at radius 2 is 2.09 bits per heavy atom. The van der Waals surface area contributed by atoms with E-state index in [1.54, 1.807) is 18.6 Å². The smallest absolute Gasteiger partial charge is 0.255 e. The van der Waals surface area contributed by atoms with Gasteiger partial charge in [-0.25, -0.2) is 0 Å². The molecule has 0 unspecified atom stereocenters. The molecule has 116 valence electrons. The minimum Gasteiger partial charge on any atom is -0.350 e. The summed E-state index contributed by atoms with van der Waals surface area (Å²) in [5.74, 6) is -0.0927. The molecular weight excluding hydrogens is 276 g/mol. The molecule has 1 saturated carbocycles. The monoisotopic (exact) mass is 298 g/mol. The van der Waals surface area contributed by atoms with Gasteiger partial charge in [-0.3, -0.25) is 14.8 Å². The van der Waals surface area contributed by atoms with Gasteiger partial charge < -0.3 is 10.2 Å². The van der Waals surface area contributed by atoms with E-state index in [4.69, 9.17) is 0 Å². The zero-order valence-corrected chi connectivity index (χ0v) is 13.2. The zero-order chi connectivity index (χ0) is 15.6. The van der Waals surface area contributed by atoms with Crippen LogP contribution in [0.3, 0.4) is 0 Å². The highest BCUT2D eigenvalue weighted by molar-refractivity contribution is 6.04. The average molecular weight is 298 g/mol. The first kappa shape index (κ1) is 14.9. The van der Waals surface area contributed by atoms with Gasteiger partial charge in [0.15, 0.2) is 0 Å². The number of likely N-dealkylation sites (N-methyl/N-ethyl adjacent to an activating group) is 1. The van der Waals surface area contributed by atoms with E-state index in [-0.39, 0.29) is 11.4 Å². The van der Waals surface area contributed by atoms with Crippen molar-refractivity contribution in [2.45, 2.75) is 31.2 Å². The standard InChI is InChI=1S/C17H22N4O/c1-21(2)17(7-3-4-8-17)12-20-16(22)14-11-18-10-13-6-5-9-19-15(13)14/h5-6,9-11H,3-4,7-8,12H2,1-2H3,(H,20,22). The highest BCUT2D eigenvalue weighted by Crippen LogP contribution is 2.33. The Balaban J connectivity index is 1.79. The van der Waals surface area contributed by atoms with Gasteiger partial charge in [0.05, 0.1) is 11.1 Å². The molecule has 22 heavy (non-hydrogen) atoms. The summed E-state index contributed by atoms with van der Waals surface area (Å²) < 4.78 is 0. The van der Waals surface area contributed by atoms with Crippen molar-refractivity contribution < 1.29 is 4.79 Å². The third-order valence-electron chi connectivity index (χ3n) is 4.82. The SMILES string of the molecule is CN(C)C1(CNC(=O)c2cncc3cccnc23)CCCC1. The van der Waals surface area contributed by atoms with Crippen molar-refractivity contribution in [1.29, 1.82) is 0 Å². The minimum absolute atomic E-state index is 0.0844. The molecule has 2 heterocycles. The number of aromatic nitrogens is 2. The second kappa shape index (κ2) is 6.01. The first-order valence-corrected chi connectivity index (χ1v) is 7.77. The lowest BCUT2D eigenvalue weighted by Crippen LogP contribution is -2.50. The summed E-state index contributed by atoms with van der Waals surface area (Å²) in [7, 11) is 4.19. The number of nitrogens with one attached hydrogen (secondary N) is 1. The van der Waals surface area contributed by atoms with Gasteiger partial charge in [-0.1, -0.05) is 12.8 Å². The Morgan fingerprint density at radius 1 is 1.32 bits per heavy atom. The maximum absolute atomic E-state index is 12.6. The Labute approximate surface area is 130 Å². The van der Waals surface area contributed by atoms with Crippen LogP contribution in [0.2, 0.25) is 0 Å². The maximum Gasteiger partial charge on any atom is 0.255 e. The summed E-state index contributed by atoms with van der Waals surface area (Å²) in [6.45, 7) is 0.669. The van der Waals surface area contributed by atoms with Crippen molar-refractivity contribution in [3.63, 3.8) is 0 Å². The summed E-state index contributed by atoms with van der Waals surface area (Å²) in [4.78, 5) is 23.3. The molecule has 0 atom stereocenters. The Bertz CT molecular complexity index is 672. The second-order valence-corrected chi connectivity index (χ2v) is 6.27. The van der Waals surface area contributed by atoms with Crippen LogP contribution in [0.5, 0.6) is 0 Å². The van der Waals surface area contributed by atoms with Crippen molar-refractivity contribution in [2.24, 2.45) is 0 Å². The van der Waals surface area contributed by atoms with Gasteiger partial charge in [-0.05, 0) is 39.1 Å². The van der Waals surface area contributed by atoms with Gasteiger partial charge in [0.1, 0.15) is 0 Å². The topological polar surface area (TPSA) is 58.1 Å². The largest absolute Gasteiger partial charge is 0.350 e. The summed E-state index contributed by atoms with van der Waals surface area (Å²) in [5.41, 5.74) is 1.34. The number of hydrogen-bond donors (Lipinski definition) is 1. The predicted molar refractivity (Wildman–Crippen MR) is 86.8 cm³/mol. The van der Waals surface area contributed by atoms with Crippen molar-refractivity contribution in [2.75, 3.05) is 20.6 Å². The minimum atomic E-state index is -0.0927. The van der Waals surface area contributed by atoms with Crippen LogP contribution >= 0.6 is 0 Å². The van der Waals surface area contributed by atoms with Crippen LogP contribution in [0.15, 0.2) is 30.7 Å². The van der Waals surface area contributed by atoms with Crippen LogP contribution < -0.4 is 5.32 Å². The third kappa shape index (κ3) is 2.68. The molecule has 1 fully saturated rings. The summed E-state index contributed by atoms with van der Waals surface area (Å²) >= 11 is 0. The summed E-state index contributed by atoms with van der Waals surface area (Å²) in [5, 5.41) is 3.98. The van der Waals surface area contributed by atoms with E-state index in [9.17, 15) is 4.79 Å². The van der Waals surface area contributed by atoms with Crippen LogP contribution in [0.1, 0.15) is 36.0 Å². The van der Waals surface area contributed by atoms with E-state index in [0.29, 0.717) is 17.6 Å². The van der Waals surface area contributed by atoms with Crippen LogP contribution in [-0.4, -0.2) is 47.0 Å². The molecule has 0 saturated heterocycles. The predicted octanol–water partition coefficient (Wildman–Crippen LogP) is 2.23. The molecule has 0 bridgehead atoms. The molecule has 0 aromatic carbocycles. The summed E-state index contributed by atoms with van der Waals surface area (Å²) in [6.07, 6.45) is 9.76. The number of nitrogens with zero attached hydrogens (tertiary/aromatic N) is 3. The fourth-order valence-corrected chi connectivity index (χ4v) is 3.32. The highest BCUT2D eigenvalue weighted by atomic mass is 16.1. The van der Waals surface area contributed by atoms with Crippen molar-refractivity contribution in [3.05, 3.63) is 36.3 Å². The zero-order valence-electron chi connectivity index (χ0n) is 13.2. The maximum atomic E-state index is 12.6. The number of amides is 1. The Morgan fingerprint density at radius 3 is 2.82 bits per heavy atom. The van der Waals surface area contributed by atoms with Gasteiger partial charge in [0.25, 0.3) is 5.91 Å². The van der Waals surface area contributed by atoms with Crippen LogP contribution in [0.4, 0.5) is 0 Å². The lowest BCUT2D eigenvalue weighted by molar-refractivity contribution is 0.0901. The van der Waals surface area contributed by atoms with Crippen LogP contribution in [-0.2, 0) is 0 Å². The van der Waals surface area contributed by atoms with E-state index in [0.717, 1.165) is 18.2 Å². The molecular formula is C17H22N4O. The number of rotatable bonds is 4. The molecule has 0 radical (unpaired) electrons. The average Bonchev–Trinajstić information content (AvgIpc) is 3.02. The van der Waals surface area contributed by atoms with Gasteiger partial charge in [-0.15, -0.1) is 0 Å². The van der Waals surface area contributed by atoms with Crippen molar-refractivity contribution in [3.8, 4) is 0 Å². The van der Waals surface area contributed by atoms with Gasteiger partial charge in [-0.2, -0.15) is 0 Å². The number of carbonyl (C=O) groups is 1. The Kier molecular flexibility index (Phi) is 4.07. The van der Waals surface area contributed by atoms with Gasteiger partial charge in [0.2, 0.25) is 0 Å². The van der Waals surface area contributed by atoms with E-state index in [2.05, 4.69) is 34.3 Å². The second-order valence-electron chi connectivity index (χ2n) is 6.27. The molecule has 2 aromatic rings. The molecule has 1 N–H and O–H groups in total. The molecule has 0 spiro atoms.